The third-order valence-corrected chi connectivity index (χ3v) is 6.42. The number of fused-ring (bicyclic) bond motifs is 2. The van der Waals surface area contributed by atoms with Gasteiger partial charge in [-0.25, -0.2) is 4.98 Å². The summed E-state index contributed by atoms with van der Waals surface area (Å²) in [5, 5.41) is 13.8. The van der Waals surface area contributed by atoms with E-state index in [1.807, 2.05) is 42.5 Å². The maximum Gasteiger partial charge on any atom is 0.163 e. The number of piperazine rings is 1. The van der Waals surface area contributed by atoms with Gasteiger partial charge < -0.3 is 29.0 Å². The number of rotatable bonds is 8. The van der Waals surface area contributed by atoms with Gasteiger partial charge in [-0.15, -0.1) is 24.8 Å². The second-order valence-corrected chi connectivity index (χ2v) is 8.81. The first kappa shape index (κ1) is 28.4. The van der Waals surface area contributed by atoms with Crippen LogP contribution in [-0.2, 0) is 0 Å². The van der Waals surface area contributed by atoms with Crippen LogP contribution in [0.15, 0.2) is 53.1 Å². The Bertz CT molecular complexity index is 1330. The lowest BCUT2D eigenvalue weighted by Gasteiger charge is -2.32. The van der Waals surface area contributed by atoms with Gasteiger partial charge in [0.25, 0.3) is 0 Å². The topological polar surface area (TPSA) is 86.8 Å². The smallest absolute Gasteiger partial charge is 0.163 e. The van der Waals surface area contributed by atoms with E-state index in [-0.39, 0.29) is 24.8 Å². The van der Waals surface area contributed by atoms with Gasteiger partial charge in [0.15, 0.2) is 17.3 Å². The Balaban J connectivity index is 0.00000190. The van der Waals surface area contributed by atoms with Gasteiger partial charge in [-0.05, 0) is 49.9 Å². The fourth-order valence-corrected chi connectivity index (χ4v) is 4.40. The normalized spacial score (nSPS) is 14.0. The summed E-state index contributed by atoms with van der Waals surface area (Å²) in [5.74, 6) is 2.47. The average molecular weight is 544 g/mol. The zero-order chi connectivity index (χ0) is 24.2. The summed E-state index contributed by atoms with van der Waals surface area (Å²) in [6, 6.07) is 15.5. The Labute approximate surface area is 229 Å². The number of pyridine rings is 1. The molecule has 0 saturated carbocycles. The van der Waals surface area contributed by atoms with Crippen molar-refractivity contribution < 1.29 is 13.9 Å². The van der Waals surface area contributed by atoms with Gasteiger partial charge in [0.1, 0.15) is 11.9 Å². The largest absolute Gasteiger partial charge is 0.493 e. The number of hydrogen-bond acceptors (Lipinski definition) is 8. The lowest BCUT2D eigenvalue weighted by Crippen LogP contribution is -2.44. The number of benzene rings is 1. The van der Waals surface area contributed by atoms with Crippen molar-refractivity contribution in [1.82, 2.24) is 14.8 Å². The number of nitriles is 1. The molecule has 0 bridgehead atoms. The lowest BCUT2D eigenvalue weighted by atomic mass is 10.1. The van der Waals surface area contributed by atoms with Crippen LogP contribution in [0, 0.1) is 11.3 Å². The molecule has 0 amide bonds. The number of nitrogens with one attached hydrogen (secondary N) is 1. The third-order valence-electron chi connectivity index (χ3n) is 6.42. The Morgan fingerprint density at radius 3 is 2.65 bits per heavy atom. The second kappa shape index (κ2) is 12.8. The molecule has 1 aromatic heterocycles. The maximum atomic E-state index is 9.75. The van der Waals surface area contributed by atoms with Crippen LogP contribution >= 0.6 is 24.8 Å². The molecule has 196 valence electrons. The van der Waals surface area contributed by atoms with Crippen molar-refractivity contribution >= 4 is 47.2 Å². The van der Waals surface area contributed by atoms with Crippen LogP contribution in [0.3, 0.4) is 0 Å². The molecule has 37 heavy (non-hydrogen) atoms. The van der Waals surface area contributed by atoms with Crippen LogP contribution in [0.4, 0.5) is 11.5 Å². The zero-order valence-electron chi connectivity index (χ0n) is 20.9. The monoisotopic (exact) mass is 543 g/mol. The molecule has 0 radical (unpaired) electrons. The summed E-state index contributed by atoms with van der Waals surface area (Å²) in [4.78, 5) is 9.58. The minimum Gasteiger partial charge on any atom is -0.493 e. The van der Waals surface area contributed by atoms with Gasteiger partial charge in [0.05, 0.1) is 36.7 Å². The number of nitrogens with zero attached hydrogens (tertiary/aromatic N) is 4. The molecule has 1 aromatic carbocycles. The van der Waals surface area contributed by atoms with Crippen molar-refractivity contribution in [3.05, 3.63) is 54.3 Å². The lowest BCUT2D eigenvalue weighted by molar-refractivity contribution is 0.145. The van der Waals surface area contributed by atoms with Crippen LogP contribution in [0.5, 0.6) is 11.5 Å². The summed E-state index contributed by atoms with van der Waals surface area (Å²) in [7, 11) is 3.79. The molecule has 10 heteroatoms. The van der Waals surface area contributed by atoms with Gasteiger partial charge in [-0.1, -0.05) is 0 Å². The minimum absolute atomic E-state index is 0. The van der Waals surface area contributed by atoms with Gasteiger partial charge in [-0.3, -0.25) is 0 Å². The molecule has 3 aliphatic rings. The molecular weight excluding hydrogens is 513 g/mol. The predicted octanol–water partition coefficient (Wildman–Crippen LogP) is 5.42. The number of hydrogen-bond donors (Lipinski definition) is 1. The average Bonchev–Trinajstić information content (AvgIpc) is 3.29. The molecule has 2 aromatic rings. The van der Waals surface area contributed by atoms with Crippen molar-refractivity contribution in [1.29, 1.82) is 5.26 Å². The van der Waals surface area contributed by atoms with Crippen molar-refractivity contribution in [2.24, 2.45) is 0 Å². The van der Waals surface area contributed by atoms with E-state index in [1.165, 1.54) is 0 Å². The Morgan fingerprint density at radius 1 is 1.08 bits per heavy atom. The summed E-state index contributed by atoms with van der Waals surface area (Å²) >= 11 is 0. The quantitative estimate of drug-likeness (QED) is 0.295. The van der Waals surface area contributed by atoms with E-state index < -0.39 is 0 Å². The SMILES string of the molecule is COc1cc2cc(C#N)c(Nc3ccc4cccoc3-4)nc2cc1OCCCN1CCN(C)CC1.Cl.Cl. The first-order valence-electron chi connectivity index (χ1n) is 11.8. The highest BCUT2D eigenvalue weighted by molar-refractivity contribution is 5.88. The fraction of sp³-hybridized carbons (Fsp3) is 0.333. The summed E-state index contributed by atoms with van der Waals surface area (Å²) in [5.41, 5.74) is 2.89. The molecule has 1 saturated heterocycles. The van der Waals surface area contributed by atoms with Gasteiger partial charge in [0.2, 0.25) is 0 Å². The van der Waals surface area contributed by atoms with Crippen LogP contribution in [0.25, 0.3) is 22.2 Å². The Hall–Kier alpha value is -3.22. The number of methoxy groups -OCH3 is 1. The van der Waals surface area contributed by atoms with Crippen LogP contribution in [0.2, 0.25) is 0 Å². The highest BCUT2D eigenvalue weighted by atomic mass is 35.5. The van der Waals surface area contributed by atoms with Crippen molar-refractivity contribution in [3.8, 4) is 28.9 Å². The van der Waals surface area contributed by atoms with E-state index in [2.05, 4.69) is 28.2 Å². The molecule has 1 N–H and O–H groups in total. The van der Waals surface area contributed by atoms with E-state index in [1.54, 1.807) is 13.4 Å². The molecule has 1 fully saturated rings. The molecular formula is C27H31Cl2N5O3. The highest BCUT2D eigenvalue weighted by Crippen LogP contribution is 2.36. The van der Waals surface area contributed by atoms with Gasteiger partial charge >= 0.3 is 0 Å². The molecule has 8 nitrogen and oxygen atoms in total. The summed E-state index contributed by atoms with van der Waals surface area (Å²) < 4.78 is 17.3. The Morgan fingerprint density at radius 2 is 1.89 bits per heavy atom. The number of halogens is 2. The van der Waals surface area contributed by atoms with Crippen molar-refractivity contribution in [2.75, 3.05) is 58.8 Å². The van der Waals surface area contributed by atoms with Gasteiger partial charge in [-0.2, -0.15) is 5.26 Å². The van der Waals surface area contributed by atoms with E-state index in [9.17, 15) is 5.26 Å². The number of anilines is 2. The first-order chi connectivity index (χ1) is 17.1. The second-order valence-electron chi connectivity index (χ2n) is 8.81. The molecule has 1 aliphatic carbocycles. The number of aromatic nitrogens is 1. The number of likely N-dealkylation sites (N-methyl/N-ethyl adjacent to an activating group) is 1. The molecule has 5 rings (SSSR count). The summed E-state index contributed by atoms with van der Waals surface area (Å²) in [6.07, 6.45) is 2.57. The van der Waals surface area contributed by atoms with Crippen molar-refractivity contribution in [2.45, 2.75) is 6.42 Å². The molecule has 3 heterocycles. The van der Waals surface area contributed by atoms with E-state index in [0.717, 1.165) is 61.5 Å². The highest BCUT2D eigenvalue weighted by Gasteiger charge is 2.17. The third kappa shape index (κ3) is 6.38. The fourth-order valence-electron chi connectivity index (χ4n) is 4.40. The molecule has 2 aliphatic heterocycles. The first-order valence-corrected chi connectivity index (χ1v) is 11.8. The van der Waals surface area contributed by atoms with Crippen LogP contribution in [0.1, 0.15) is 12.0 Å². The molecule has 0 atom stereocenters. The Kier molecular flexibility index (Phi) is 9.84. The van der Waals surface area contributed by atoms with Gasteiger partial charge in [0, 0.05) is 49.7 Å². The van der Waals surface area contributed by atoms with E-state index in [4.69, 9.17) is 18.9 Å². The van der Waals surface area contributed by atoms with Crippen molar-refractivity contribution in [3.63, 3.8) is 0 Å². The van der Waals surface area contributed by atoms with Crippen LogP contribution in [-0.4, -0.2) is 68.3 Å². The zero-order valence-corrected chi connectivity index (χ0v) is 22.5. The van der Waals surface area contributed by atoms with E-state index in [0.29, 0.717) is 35.0 Å². The van der Waals surface area contributed by atoms with E-state index >= 15 is 0 Å². The minimum atomic E-state index is 0. The number of ether oxygens (including phenoxy) is 2. The van der Waals surface area contributed by atoms with Crippen LogP contribution < -0.4 is 14.8 Å². The molecule has 0 spiro atoms. The standard InChI is InChI=1S/C27H29N5O3.2ClH/c1-31-9-11-32(12-10-31)8-4-14-34-25-17-23-20(16-24(25)33-2)15-21(18-28)27(30-23)29-22-7-6-19-5-3-13-35-26(19)22;;/h3,5-7,13,15-17H,4,8-12,14H2,1-2H3,(H,29,30);2*1H. The predicted molar refractivity (Wildman–Crippen MR) is 150 cm³/mol. The molecule has 0 unspecified atom stereocenters. The summed E-state index contributed by atoms with van der Waals surface area (Å²) in [6.45, 7) is 6.03. The maximum absolute atomic E-state index is 9.75.